The number of nitrogens with zero attached hydrogens (tertiary/aromatic N) is 3. The minimum atomic E-state index is -0.932. The first-order valence-electron chi connectivity index (χ1n) is 13.7. The van der Waals surface area contributed by atoms with Crippen molar-refractivity contribution in [3.8, 4) is 5.75 Å². The normalized spacial score (nSPS) is 18.1. The Morgan fingerprint density at radius 1 is 1.05 bits per heavy atom. The molecule has 2 fully saturated rings. The molecule has 0 unspecified atom stereocenters. The average molecular weight is 581 g/mol. The highest BCUT2D eigenvalue weighted by molar-refractivity contribution is 6.35. The van der Waals surface area contributed by atoms with Crippen LogP contribution in [0.2, 0.25) is 10.0 Å². The monoisotopic (exact) mass is 579 g/mol. The van der Waals surface area contributed by atoms with E-state index in [-0.39, 0.29) is 11.7 Å². The van der Waals surface area contributed by atoms with E-state index in [0.717, 1.165) is 67.1 Å². The van der Waals surface area contributed by atoms with Gasteiger partial charge in [0.1, 0.15) is 18.2 Å². The number of para-hydroxylation sites is 1. The number of hydrogen-bond acceptors (Lipinski definition) is 5. The Bertz CT molecular complexity index is 1530. The van der Waals surface area contributed by atoms with Crippen LogP contribution in [0.15, 0.2) is 60.7 Å². The van der Waals surface area contributed by atoms with Crippen molar-refractivity contribution in [3.05, 3.63) is 93.2 Å². The number of benzene rings is 3. The Morgan fingerprint density at radius 2 is 1.85 bits per heavy atom. The van der Waals surface area contributed by atoms with Gasteiger partial charge in [-0.2, -0.15) is 0 Å². The van der Waals surface area contributed by atoms with Crippen LogP contribution in [0.1, 0.15) is 52.5 Å². The van der Waals surface area contributed by atoms with Gasteiger partial charge >= 0.3 is 5.97 Å². The van der Waals surface area contributed by atoms with Crippen molar-refractivity contribution in [2.24, 2.45) is 0 Å². The molecule has 0 radical (unpaired) electrons. The molecule has 3 heterocycles. The first-order chi connectivity index (χ1) is 19.4. The summed E-state index contributed by atoms with van der Waals surface area (Å²) in [6.45, 7) is 4.43. The van der Waals surface area contributed by atoms with Gasteiger partial charge in [0, 0.05) is 22.2 Å². The third kappa shape index (κ3) is 5.84. The predicted molar refractivity (Wildman–Crippen MR) is 156 cm³/mol. The molecule has 3 aromatic carbocycles. The molecule has 1 atom stereocenters. The SMILES string of the molecule is O=C(O)c1ccc2nc(CN3CCC(c4ccccc4OCc4ccc(Cl)cc4Cl)CC3)n(C[C@@H]3CCO3)c2c1. The largest absolute Gasteiger partial charge is 0.489 e. The number of hydrogen-bond donors (Lipinski definition) is 1. The molecule has 0 aliphatic carbocycles. The van der Waals surface area contributed by atoms with Crippen molar-refractivity contribution in [2.75, 3.05) is 19.7 Å². The first kappa shape index (κ1) is 27.1. The number of fused-ring (bicyclic) bond motifs is 1. The molecule has 208 valence electrons. The van der Waals surface area contributed by atoms with Gasteiger partial charge in [-0.25, -0.2) is 9.78 Å². The number of carboxylic acids is 1. The topological polar surface area (TPSA) is 76.8 Å². The minimum absolute atomic E-state index is 0.148. The highest BCUT2D eigenvalue weighted by Crippen LogP contribution is 2.35. The van der Waals surface area contributed by atoms with E-state index in [0.29, 0.717) is 35.7 Å². The Labute approximate surface area is 243 Å². The van der Waals surface area contributed by atoms with Crippen molar-refractivity contribution in [1.82, 2.24) is 14.5 Å². The maximum Gasteiger partial charge on any atom is 0.335 e. The first-order valence-corrected chi connectivity index (χ1v) is 14.4. The molecule has 0 amide bonds. The Kier molecular flexibility index (Phi) is 7.98. The van der Waals surface area contributed by atoms with Crippen molar-refractivity contribution >= 4 is 40.2 Å². The van der Waals surface area contributed by atoms with E-state index in [4.69, 9.17) is 37.7 Å². The van der Waals surface area contributed by atoms with Crippen LogP contribution in [0.4, 0.5) is 0 Å². The number of rotatable bonds is 9. The van der Waals surface area contributed by atoms with Crippen molar-refractivity contribution < 1.29 is 19.4 Å². The molecule has 7 nitrogen and oxygen atoms in total. The van der Waals surface area contributed by atoms with E-state index in [1.807, 2.05) is 24.3 Å². The molecule has 1 N–H and O–H groups in total. The number of carboxylic acid groups (broad SMARTS) is 1. The number of piperidine rings is 1. The summed E-state index contributed by atoms with van der Waals surface area (Å²) in [5.41, 5.74) is 4.08. The van der Waals surface area contributed by atoms with Crippen LogP contribution in [-0.2, 0) is 24.4 Å². The van der Waals surface area contributed by atoms with Gasteiger partial charge in [0.2, 0.25) is 0 Å². The van der Waals surface area contributed by atoms with Crippen LogP contribution in [0.25, 0.3) is 11.0 Å². The molecule has 0 bridgehead atoms. The minimum Gasteiger partial charge on any atom is -0.489 e. The molecule has 2 saturated heterocycles. The van der Waals surface area contributed by atoms with Crippen LogP contribution < -0.4 is 4.74 Å². The second kappa shape index (κ2) is 11.8. The second-order valence-electron chi connectivity index (χ2n) is 10.5. The maximum absolute atomic E-state index is 11.6. The summed E-state index contributed by atoms with van der Waals surface area (Å²) in [6, 6.07) is 18.9. The molecule has 0 saturated carbocycles. The van der Waals surface area contributed by atoms with E-state index in [1.165, 1.54) is 5.56 Å². The highest BCUT2D eigenvalue weighted by atomic mass is 35.5. The molecular weight excluding hydrogens is 549 g/mol. The molecule has 2 aliphatic rings. The van der Waals surface area contributed by atoms with Crippen LogP contribution >= 0.6 is 23.2 Å². The van der Waals surface area contributed by atoms with Crippen LogP contribution in [-0.4, -0.2) is 51.3 Å². The van der Waals surface area contributed by atoms with Crippen LogP contribution in [0, 0.1) is 0 Å². The van der Waals surface area contributed by atoms with Gasteiger partial charge in [-0.3, -0.25) is 4.90 Å². The predicted octanol–water partition coefficient (Wildman–Crippen LogP) is 6.79. The molecule has 4 aromatic rings. The summed E-state index contributed by atoms with van der Waals surface area (Å²) >= 11 is 12.4. The van der Waals surface area contributed by atoms with E-state index < -0.39 is 5.97 Å². The summed E-state index contributed by atoms with van der Waals surface area (Å²) in [6.07, 6.45) is 3.18. The third-order valence-corrected chi connectivity index (χ3v) is 8.55. The smallest absolute Gasteiger partial charge is 0.335 e. The summed E-state index contributed by atoms with van der Waals surface area (Å²) in [4.78, 5) is 18.9. The Morgan fingerprint density at radius 3 is 2.58 bits per heavy atom. The van der Waals surface area contributed by atoms with Gasteiger partial charge in [-0.05, 0) is 80.2 Å². The summed E-state index contributed by atoms with van der Waals surface area (Å²) in [7, 11) is 0. The Balaban J connectivity index is 1.14. The van der Waals surface area contributed by atoms with Crippen molar-refractivity contribution in [2.45, 2.75) is 51.0 Å². The zero-order valence-electron chi connectivity index (χ0n) is 22.1. The number of aromatic nitrogens is 2. The molecule has 40 heavy (non-hydrogen) atoms. The number of ether oxygens (including phenoxy) is 2. The van der Waals surface area contributed by atoms with Crippen LogP contribution in [0.5, 0.6) is 5.75 Å². The van der Waals surface area contributed by atoms with Gasteiger partial charge in [-0.1, -0.05) is 47.5 Å². The van der Waals surface area contributed by atoms with Crippen molar-refractivity contribution in [1.29, 1.82) is 0 Å². The Hall–Kier alpha value is -3.10. The van der Waals surface area contributed by atoms with Crippen molar-refractivity contribution in [3.63, 3.8) is 0 Å². The molecule has 1 aromatic heterocycles. The zero-order valence-corrected chi connectivity index (χ0v) is 23.6. The fourth-order valence-electron chi connectivity index (χ4n) is 5.61. The number of likely N-dealkylation sites (tertiary alicyclic amines) is 1. The number of aromatic carboxylic acids is 1. The molecule has 0 spiro atoms. The summed E-state index contributed by atoms with van der Waals surface area (Å²) in [5.74, 6) is 1.31. The third-order valence-electron chi connectivity index (χ3n) is 7.96. The fraction of sp³-hybridized carbons (Fsp3) is 0.355. The lowest BCUT2D eigenvalue weighted by molar-refractivity contribution is -0.0592. The molecule has 9 heteroatoms. The van der Waals surface area contributed by atoms with Gasteiger partial charge in [0.05, 0.1) is 35.8 Å². The molecule has 2 aliphatic heterocycles. The lowest BCUT2D eigenvalue weighted by atomic mass is 9.89. The number of halogens is 2. The highest BCUT2D eigenvalue weighted by Gasteiger charge is 2.26. The van der Waals surface area contributed by atoms with Gasteiger partial charge in [0.25, 0.3) is 0 Å². The lowest BCUT2D eigenvalue weighted by Gasteiger charge is -2.33. The maximum atomic E-state index is 11.6. The summed E-state index contributed by atoms with van der Waals surface area (Å²) < 4.78 is 14.1. The molecule has 6 rings (SSSR count). The average Bonchev–Trinajstić information content (AvgIpc) is 3.26. The second-order valence-corrected chi connectivity index (χ2v) is 11.4. The molecular formula is C31H31Cl2N3O4. The van der Waals surface area contributed by atoms with E-state index >= 15 is 0 Å². The fourth-order valence-corrected chi connectivity index (χ4v) is 6.07. The van der Waals surface area contributed by atoms with Gasteiger partial charge in [-0.15, -0.1) is 0 Å². The van der Waals surface area contributed by atoms with Crippen LogP contribution in [0.3, 0.4) is 0 Å². The van der Waals surface area contributed by atoms with E-state index in [2.05, 4.69) is 21.6 Å². The standard InChI is InChI=1S/C31H31Cl2N3O4/c32-23-7-5-22(26(33)16-23)19-40-29-4-2-1-3-25(29)20-9-12-35(13-10-20)18-30-34-27-8-6-21(31(37)38)15-28(27)36(30)17-24-11-14-39-24/h1-8,15-16,20,24H,9-14,17-19H2,(H,37,38)/t24-/m0/s1. The van der Waals surface area contributed by atoms with E-state index in [1.54, 1.807) is 24.3 Å². The zero-order chi connectivity index (χ0) is 27.6. The van der Waals surface area contributed by atoms with Gasteiger partial charge < -0.3 is 19.1 Å². The lowest BCUT2D eigenvalue weighted by Crippen LogP contribution is -2.35. The number of carbonyl (C=O) groups is 1. The quantitative estimate of drug-likeness (QED) is 0.235. The summed E-state index contributed by atoms with van der Waals surface area (Å²) in [5, 5.41) is 10.7. The van der Waals surface area contributed by atoms with E-state index in [9.17, 15) is 9.90 Å². The number of imidazole rings is 1. The van der Waals surface area contributed by atoms with Gasteiger partial charge in [0.15, 0.2) is 0 Å².